The molecule has 0 aromatic carbocycles. The lowest BCUT2D eigenvalue weighted by atomic mass is 9.95. The zero-order chi connectivity index (χ0) is 19.9. The molecule has 1 N–H and O–H groups in total. The molecule has 1 saturated carbocycles. The predicted molar refractivity (Wildman–Crippen MR) is 101 cm³/mol. The molecule has 0 bridgehead atoms. The Hall–Kier alpha value is -1.50. The van der Waals surface area contributed by atoms with E-state index in [0.717, 1.165) is 6.42 Å². The van der Waals surface area contributed by atoms with E-state index in [0.29, 0.717) is 44.8 Å². The van der Waals surface area contributed by atoms with Crippen molar-refractivity contribution in [3.05, 3.63) is 0 Å². The minimum Gasteiger partial charge on any atom is -0.450 e. The smallest absolute Gasteiger partial charge is 0.450 e. The van der Waals surface area contributed by atoms with Crippen LogP contribution in [0.2, 0.25) is 0 Å². The number of ether oxygens (including phenoxy) is 4. The maximum absolute atomic E-state index is 11.7. The van der Waals surface area contributed by atoms with Crippen molar-refractivity contribution in [2.45, 2.75) is 90.3 Å². The first-order valence-electron chi connectivity index (χ1n) is 10.4. The average molecular weight is 389 g/mol. The van der Waals surface area contributed by atoms with E-state index in [2.05, 4.69) is 13.8 Å². The molecule has 0 aromatic rings. The Morgan fingerprint density at radius 3 is 2.19 bits per heavy atom. The zero-order valence-electron chi connectivity index (χ0n) is 16.8. The molecule has 0 aromatic heterocycles. The summed E-state index contributed by atoms with van der Waals surface area (Å²) in [7, 11) is 0. The maximum atomic E-state index is 11.7. The predicted octanol–water partition coefficient (Wildman–Crippen LogP) is 5.16. The SMILES string of the molecule is CCCCCC(CCC)COCCOC(=O)OC1CCC(OC(=O)O)CC1. The molecule has 1 unspecified atom stereocenters. The minimum absolute atomic E-state index is 0.185. The molecule has 27 heavy (non-hydrogen) atoms. The van der Waals surface area contributed by atoms with E-state index < -0.39 is 12.3 Å². The molecule has 0 saturated heterocycles. The third-order valence-electron chi connectivity index (χ3n) is 4.87. The Morgan fingerprint density at radius 1 is 0.926 bits per heavy atom. The second-order valence-electron chi connectivity index (χ2n) is 7.22. The second kappa shape index (κ2) is 14.5. The zero-order valence-corrected chi connectivity index (χ0v) is 16.8. The molecule has 0 radical (unpaired) electrons. The highest BCUT2D eigenvalue weighted by molar-refractivity contribution is 5.60. The number of rotatable bonds is 13. The molecule has 0 aliphatic heterocycles. The van der Waals surface area contributed by atoms with Crippen molar-refractivity contribution in [1.82, 2.24) is 0 Å². The number of carbonyl (C=O) groups excluding carboxylic acids is 1. The highest BCUT2D eigenvalue weighted by atomic mass is 16.7. The highest BCUT2D eigenvalue weighted by Gasteiger charge is 2.26. The van der Waals surface area contributed by atoms with E-state index in [1.54, 1.807) is 0 Å². The van der Waals surface area contributed by atoms with Crippen molar-refractivity contribution in [3.8, 4) is 0 Å². The molecular formula is C20H36O7. The van der Waals surface area contributed by atoms with Gasteiger partial charge in [0.25, 0.3) is 0 Å². The van der Waals surface area contributed by atoms with Crippen molar-refractivity contribution >= 4 is 12.3 Å². The molecule has 1 aliphatic rings. The first kappa shape index (κ1) is 23.5. The molecule has 0 heterocycles. The third-order valence-corrected chi connectivity index (χ3v) is 4.87. The van der Waals surface area contributed by atoms with Crippen molar-refractivity contribution in [2.75, 3.05) is 19.8 Å². The van der Waals surface area contributed by atoms with Gasteiger partial charge in [0.15, 0.2) is 0 Å². The van der Waals surface area contributed by atoms with Crippen LogP contribution in [0.4, 0.5) is 9.59 Å². The van der Waals surface area contributed by atoms with Gasteiger partial charge in [-0.2, -0.15) is 0 Å². The number of unbranched alkanes of at least 4 members (excludes halogenated alkanes) is 2. The van der Waals surface area contributed by atoms with Crippen LogP contribution in [0.3, 0.4) is 0 Å². The highest BCUT2D eigenvalue weighted by Crippen LogP contribution is 2.24. The molecular weight excluding hydrogens is 352 g/mol. The van der Waals surface area contributed by atoms with E-state index in [9.17, 15) is 9.59 Å². The summed E-state index contributed by atoms with van der Waals surface area (Å²) in [5, 5.41) is 8.60. The van der Waals surface area contributed by atoms with E-state index in [-0.39, 0.29) is 18.8 Å². The van der Waals surface area contributed by atoms with Gasteiger partial charge < -0.3 is 24.1 Å². The standard InChI is InChI=1S/C20H36O7/c1-3-5-6-8-16(7-4-2)15-24-13-14-25-20(23)27-18-11-9-17(10-12-18)26-19(21)22/h16-18H,3-15H2,1-2H3,(H,21,22). The van der Waals surface area contributed by atoms with Crippen molar-refractivity contribution < 1.29 is 33.6 Å². The van der Waals surface area contributed by atoms with Gasteiger partial charge in [0.05, 0.1) is 6.61 Å². The van der Waals surface area contributed by atoms with Gasteiger partial charge >= 0.3 is 12.3 Å². The number of hydrogen-bond donors (Lipinski definition) is 1. The van der Waals surface area contributed by atoms with Crippen LogP contribution < -0.4 is 0 Å². The largest absolute Gasteiger partial charge is 0.508 e. The lowest BCUT2D eigenvalue weighted by Gasteiger charge is -2.26. The molecule has 0 amide bonds. The fourth-order valence-corrected chi connectivity index (χ4v) is 3.42. The molecule has 0 spiro atoms. The summed E-state index contributed by atoms with van der Waals surface area (Å²) < 4.78 is 20.7. The number of carbonyl (C=O) groups is 2. The number of hydrogen-bond acceptors (Lipinski definition) is 6. The fraction of sp³-hybridized carbons (Fsp3) is 0.900. The van der Waals surface area contributed by atoms with Crippen LogP contribution in [0.15, 0.2) is 0 Å². The Morgan fingerprint density at radius 2 is 1.59 bits per heavy atom. The molecule has 158 valence electrons. The summed E-state index contributed by atoms with van der Waals surface area (Å²) in [5.74, 6) is 0.580. The topological polar surface area (TPSA) is 91.3 Å². The van der Waals surface area contributed by atoms with E-state index in [1.165, 1.54) is 32.1 Å². The van der Waals surface area contributed by atoms with Gasteiger partial charge in [-0.25, -0.2) is 9.59 Å². The van der Waals surface area contributed by atoms with Crippen LogP contribution in [0.25, 0.3) is 0 Å². The lowest BCUT2D eigenvalue weighted by Crippen LogP contribution is -2.29. The third kappa shape index (κ3) is 11.7. The van der Waals surface area contributed by atoms with Crippen molar-refractivity contribution in [1.29, 1.82) is 0 Å². The second-order valence-corrected chi connectivity index (χ2v) is 7.22. The fourth-order valence-electron chi connectivity index (χ4n) is 3.42. The monoisotopic (exact) mass is 388 g/mol. The first-order chi connectivity index (χ1) is 13.0. The Balaban J connectivity index is 2.07. The van der Waals surface area contributed by atoms with Gasteiger partial charge in [-0.1, -0.05) is 39.5 Å². The maximum Gasteiger partial charge on any atom is 0.508 e. The van der Waals surface area contributed by atoms with Crippen LogP contribution in [0, 0.1) is 5.92 Å². The molecule has 1 atom stereocenters. The normalized spacial score (nSPS) is 20.7. The van der Waals surface area contributed by atoms with Crippen LogP contribution in [0.5, 0.6) is 0 Å². The summed E-state index contributed by atoms with van der Waals surface area (Å²) in [6, 6.07) is 0. The van der Waals surface area contributed by atoms with Crippen LogP contribution >= 0.6 is 0 Å². The quantitative estimate of drug-likeness (QED) is 0.344. The lowest BCUT2D eigenvalue weighted by molar-refractivity contribution is -0.0273. The van der Waals surface area contributed by atoms with E-state index in [4.69, 9.17) is 24.1 Å². The summed E-state index contributed by atoms with van der Waals surface area (Å²) in [6.07, 6.45) is 7.05. The van der Waals surface area contributed by atoms with Gasteiger partial charge in [0.1, 0.15) is 18.8 Å². The van der Waals surface area contributed by atoms with Crippen LogP contribution in [0.1, 0.15) is 78.1 Å². The van der Waals surface area contributed by atoms with Gasteiger partial charge in [-0.15, -0.1) is 0 Å². The summed E-state index contributed by atoms with van der Waals surface area (Å²) >= 11 is 0. The molecule has 1 rings (SSSR count). The van der Waals surface area contributed by atoms with Gasteiger partial charge in [-0.05, 0) is 44.4 Å². The molecule has 1 fully saturated rings. The van der Waals surface area contributed by atoms with Gasteiger partial charge in [-0.3, -0.25) is 0 Å². The Bertz CT molecular complexity index is 405. The van der Waals surface area contributed by atoms with Gasteiger partial charge in [0, 0.05) is 6.61 Å². The Labute approximate surface area is 162 Å². The van der Waals surface area contributed by atoms with Crippen LogP contribution in [-0.4, -0.2) is 49.4 Å². The minimum atomic E-state index is -1.26. The van der Waals surface area contributed by atoms with Crippen molar-refractivity contribution in [3.63, 3.8) is 0 Å². The van der Waals surface area contributed by atoms with E-state index >= 15 is 0 Å². The molecule has 7 nitrogen and oxygen atoms in total. The van der Waals surface area contributed by atoms with E-state index in [1.807, 2.05) is 0 Å². The molecule has 1 aliphatic carbocycles. The van der Waals surface area contributed by atoms with Crippen molar-refractivity contribution in [2.24, 2.45) is 5.92 Å². The summed E-state index contributed by atoms with van der Waals surface area (Å²) in [6.45, 7) is 5.67. The molecule has 7 heteroatoms. The first-order valence-corrected chi connectivity index (χ1v) is 10.4. The summed E-state index contributed by atoms with van der Waals surface area (Å²) in [4.78, 5) is 22.2. The van der Waals surface area contributed by atoms with Crippen LogP contribution in [-0.2, 0) is 18.9 Å². The average Bonchev–Trinajstić information content (AvgIpc) is 2.63. The Kier molecular flexibility index (Phi) is 12.7. The summed E-state index contributed by atoms with van der Waals surface area (Å²) in [5.41, 5.74) is 0. The van der Waals surface area contributed by atoms with Gasteiger partial charge in [0.2, 0.25) is 0 Å². The number of carboxylic acid groups (broad SMARTS) is 1.